The molecule has 6 nitrogen and oxygen atoms in total. The second kappa shape index (κ2) is 10.0. The van der Waals surface area contributed by atoms with Gasteiger partial charge in [-0.15, -0.1) is 0 Å². The number of nitrogens with zero attached hydrogens (tertiary/aromatic N) is 2. The van der Waals surface area contributed by atoms with E-state index in [2.05, 4.69) is 6.07 Å². The molecule has 3 aromatic rings. The van der Waals surface area contributed by atoms with Gasteiger partial charge < -0.3 is 18.6 Å². The lowest BCUT2D eigenvalue weighted by Crippen LogP contribution is -2.07. The van der Waals surface area contributed by atoms with Crippen LogP contribution in [-0.4, -0.2) is 30.0 Å². The Labute approximate surface area is 183 Å². The molecule has 31 heavy (non-hydrogen) atoms. The van der Waals surface area contributed by atoms with Gasteiger partial charge in [-0.25, -0.2) is 0 Å². The Kier molecular flexibility index (Phi) is 7.19. The number of pyridine rings is 1. The summed E-state index contributed by atoms with van der Waals surface area (Å²) < 4.78 is 19.3. The van der Waals surface area contributed by atoms with Gasteiger partial charge in [0.2, 0.25) is 5.75 Å². The van der Waals surface area contributed by atoms with E-state index < -0.39 is 0 Å². The Morgan fingerprint density at radius 3 is 2.26 bits per heavy atom. The van der Waals surface area contributed by atoms with Crippen molar-refractivity contribution in [2.75, 3.05) is 19.8 Å². The summed E-state index contributed by atoms with van der Waals surface area (Å²) in [5.41, 5.74) is 3.78. The zero-order valence-electron chi connectivity index (χ0n) is 18.5. The van der Waals surface area contributed by atoms with Crippen LogP contribution in [0.3, 0.4) is 0 Å². The van der Waals surface area contributed by atoms with Crippen molar-refractivity contribution < 1.29 is 19.0 Å². The molecule has 0 bridgehead atoms. The summed E-state index contributed by atoms with van der Waals surface area (Å²) in [4.78, 5) is 13.7. The normalized spacial score (nSPS) is 10.7. The number of carbonyl (C=O) groups is 1. The first kappa shape index (κ1) is 22.2. The zero-order valence-corrected chi connectivity index (χ0v) is 18.5. The SMILES string of the molecule is CCOc1cc(C(=O)c2c(C)c(CCC#N)n3ccccc23)cc(OCC)c1OCC. The lowest BCUT2D eigenvalue weighted by molar-refractivity contribution is 0.103. The van der Waals surface area contributed by atoms with Gasteiger partial charge in [0.1, 0.15) is 0 Å². The van der Waals surface area contributed by atoms with Crippen LogP contribution in [0, 0.1) is 18.3 Å². The van der Waals surface area contributed by atoms with Crippen LogP contribution in [0.2, 0.25) is 0 Å². The highest BCUT2D eigenvalue weighted by atomic mass is 16.5. The number of aryl methyl sites for hydroxylation is 1. The molecule has 0 saturated carbocycles. The van der Waals surface area contributed by atoms with E-state index in [4.69, 9.17) is 19.5 Å². The predicted octanol–water partition coefficient (Wildman–Crippen LogP) is 5.13. The van der Waals surface area contributed by atoms with Crippen molar-refractivity contribution in [3.05, 3.63) is 58.9 Å². The van der Waals surface area contributed by atoms with Crippen LogP contribution in [0.4, 0.5) is 0 Å². The van der Waals surface area contributed by atoms with E-state index in [0.29, 0.717) is 61.0 Å². The molecule has 0 amide bonds. The van der Waals surface area contributed by atoms with Gasteiger partial charge in [0.25, 0.3) is 0 Å². The number of fused-ring (bicyclic) bond motifs is 1. The minimum atomic E-state index is -0.116. The van der Waals surface area contributed by atoms with Gasteiger partial charge in [-0.05, 0) is 57.5 Å². The van der Waals surface area contributed by atoms with E-state index >= 15 is 0 Å². The Morgan fingerprint density at radius 1 is 1.03 bits per heavy atom. The van der Waals surface area contributed by atoms with Crippen LogP contribution in [0.1, 0.15) is 54.4 Å². The second-order valence-electron chi connectivity index (χ2n) is 6.99. The Morgan fingerprint density at radius 2 is 1.68 bits per heavy atom. The van der Waals surface area contributed by atoms with E-state index in [1.165, 1.54) is 0 Å². The third-order valence-corrected chi connectivity index (χ3v) is 5.09. The smallest absolute Gasteiger partial charge is 0.203 e. The van der Waals surface area contributed by atoms with Gasteiger partial charge in [-0.3, -0.25) is 4.79 Å². The monoisotopic (exact) mass is 420 g/mol. The number of nitriles is 1. The molecule has 0 N–H and O–H groups in total. The van der Waals surface area contributed by atoms with Gasteiger partial charge in [0.05, 0.1) is 37.0 Å². The summed E-state index contributed by atoms with van der Waals surface area (Å²) in [6.45, 7) is 8.94. The topological polar surface area (TPSA) is 73.0 Å². The lowest BCUT2D eigenvalue weighted by Gasteiger charge is -2.17. The van der Waals surface area contributed by atoms with Crippen molar-refractivity contribution >= 4 is 11.3 Å². The van der Waals surface area contributed by atoms with Crippen LogP contribution >= 0.6 is 0 Å². The predicted molar refractivity (Wildman–Crippen MR) is 119 cm³/mol. The number of hydrogen-bond acceptors (Lipinski definition) is 5. The van der Waals surface area contributed by atoms with Crippen molar-refractivity contribution in [1.82, 2.24) is 4.40 Å². The number of ketones is 1. The molecule has 0 atom stereocenters. The molecule has 3 rings (SSSR count). The highest BCUT2D eigenvalue weighted by molar-refractivity contribution is 6.15. The van der Waals surface area contributed by atoms with Crippen LogP contribution in [0.5, 0.6) is 17.2 Å². The second-order valence-corrected chi connectivity index (χ2v) is 6.99. The van der Waals surface area contributed by atoms with Crippen molar-refractivity contribution in [1.29, 1.82) is 5.26 Å². The molecule has 1 aromatic carbocycles. The maximum Gasteiger partial charge on any atom is 0.203 e. The molecule has 0 aliphatic rings. The molecule has 162 valence electrons. The molecule has 0 saturated heterocycles. The Bertz CT molecular complexity index is 1100. The van der Waals surface area contributed by atoms with Crippen LogP contribution in [0.15, 0.2) is 36.5 Å². The van der Waals surface area contributed by atoms with E-state index in [1.54, 1.807) is 12.1 Å². The summed E-state index contributed by atoms with van der Waals surface area (Å²) in [7, 11) is 0. The number of benzene rings is 1. The van der Waals surface area contributed by atoms with Crippen molar-refractivity contribution in [3.63, 3.8) is 0 Å². The van der Waals surface area contributed by atoms with Crippen LogP contribution < -0.4 is 14.2 Å². The van der Waals surface area contributed by atoms with E-state index in [0.717, 1.165) is 16.8 Å². The van der Waals surface area contributed by atoms with Gasteiger partial charge in [0, 0.05) is 30.3 Å². The fraction of sp³-hybridized carbons (Fsp3) is 0.360. The quantitative estimate of drug-likeness (QED) is 0.425. The van der Waals surface area contributed by atoms with Gasteiger partial charge in [-0.1, -0.05) is 6.07 Å². The van der Waals surface area contributed by atoms with E-state index in [1.807, 2.05) is 56.5 Å². The third-order valence-electron chi connectivity index (χ3n) is 5.09. The number of ether oxygens (including phenoxy) is 3. The van der Waals surface area contributed by atoms with Crippen molar-refractivity contribution in [2.45, 2.75) is 40.5 Å². The zero-order chi connectivity index (χ0) is 22.4. The Hall–Kier alpha value is -3.46. The standard InChI is InChI=1S/C25H28N2O4/c1-5-29-21-15-18(16-22(30-6-2)25(21)31-7-3)24(28)23-17(4)19(12-10-13-26)27-14-9-8-11-20(23)27/h8-9,11,14-16H,5-7,10,12H2,1-4H3. The molecule has 2 aromatic heterocycles. The summed E-state index contributed by atoms with van der Waals surface area (Å²) in [6, 6.07) is 11.4. The highest BCUT2D eigenvalue weighted by Crippen LogP contribution is 2.40. The minimum absolute atomic E-state index is 0.116. The maximum atomic E-state index is 13.7. The molecule has 0 aliphatic carbocycles. The average Bonchev–Trinajstić information content (AvgIpc) is 3.05. The first-order valence-corrected chi connectivity index (χ1v) is 10.6. The van der Waals surface area contributed by atoms with Crippen molar-refractivity contribution in [3.8, 4) is 23.3 Å². The molecular formula is C25H28N2O4. The van der Waals surface area contributed by atoms with Crippen LogP contribution in [-0.2, 0) is 6.42 Å². The van der Waals surface area contributed by atoms with E-state index in [-0.39, 0.29) is 5.78 Å². The molecule has 0 aliphatic heterocycles. The third kappa shape index (κ3) is 4.36. The molecule has 0 radical (unpaired) electrons. The van der Waals surface area contributed by atoms with Gasteiger partial charge >= 0.3 is 0 Å². The number of rotatable bonds is 10. The van der Waals surface area contributed by atoms with Crippen LogP contribution in [0.25, 0.3) is 5.52 Å². The molecule has 0 spiro atoms. The average molecular weight is 421 g/mol. The van der Waals surface area contributed by atoms with Crippen molar-refractivity contribution in [2.24, 2.45) is 0 Å². The number of hydrogen-bond donors (Lipinski definition) is 0. The molecule has 0 unspecified atom stereocenters. The molecule has 6 heteroatoms. The summed E-state index contributed by atoms with van der Waals surface area (Å²) >= 11 is 0. The first-order chi connectivity index (χ1) is 15.1. The number of aromatic nitrogens is 1. The summed E-state index contributed by atoms with van der Waals surface area (Å²) in [6.07, 6.45) is 2.90. The molecule has 2 heterocycles. The maximum absolute atomic E-state index is 13.7. The molecular weight excluding hydrogens is 392 g/mol. The lowest BCUT2D eigenvalue weighted by atomic mass is 9.98. The van der Waals surface area contributed by atoms with E-state index in [9.17, 15) is 4.79 Å². The van der Waals surface area contributed by atoms with Gasteiger partial charge in [-0.2, -0.15) is 5.26 Å². The van der Waals surface area contributed by atoms with Gasteiger partial charge in [0.15, 0.2) is 17.3 Å². The fourth-order valence-electron chi connectivity index (χ4n) is 3.83. The fourth-order valence-corrected chi connectivity index (χ4v) is 3.83. The molecule has 0 fully saturated rings. The number of carbonyl (C=O) groups excluding carboxylic acids is 1. The summed E-state index contributed by atoms with van der Waals surface area (Å²) in [5.74, 6) is 1.37. The largest absolute Gasteiger partial charge is 0.490 e. The summed E-state index contributed by atoms with van der Waals surface area (Å²) in [5, 5.41) is 9.05. The Balaban J connectivity index is 2.18. The minimum Gasteiger partial charge on any atom is -0.490 e. The first-order valence-electron chi connectivity index (χ1n) is 10.6. The highest BCUT2D eigenvalue weighted by Gasteiger charge is 2.24.